The number of aryl methyl sites for hydroxylation is 1. The summed E-state index contributed by atoms with van der Waals surface area (Å²) in [6, 6.07) is 7.52. The van der Waals surface area contributed by atoms with Crippen molar-refractivity contribution in [3.63, 3.8) is 0 Å². The van der Waals surface area contributed by atoms with Gasteiger partial charge in [0.15, 0.2) is 5.58 Å². The Morgan fingerprint density at radius 2 is 2.38 bits per heavy atom. The van der Waals surface area contributed by atoms with Crippen molar-refractivity contribution in [3.8, 4) is 6.07 Å². The molecule has 2 aromatic rings. The van der Waals surface area contributed by atoms with E-state index in [4.69, 9.17) is 9.68 Å². The first-order valence-electron chi connectivity index (χ1n) is 4.88. The van der Waals surface area contributed by atoms with Crippen LogP contribution in [0.4, 0.5) is 0 Å². The van der Waals surface area contributed by atoms with Crippen LogP contribution in [0, 0.1) is 11.3 Å². The molecule has 0 bridgehead atoms. The van der Waals surface area contributed by atoms with Crippen molar-refractivity contribution in [3.05, 3.63) is 34.3 Å². The van der Waals surface area contributed by atoms with E-state index in [1.165, 1.54) is 4.57 Å². The molecule has 82 valence electrons. The van der Waals surface area contributed by atoms with E-state index in [0.717, 1.165) is 11.1 Å². The molecule has 0 aliphatic heterocycles. The summed E-state index contributed by atoms with van der Waals surface area (Å²) in [6.45, 7) is 0.908. The van der Waals surface area contributed by atoms with Gasteiger partial charge in [-0.1, -0.05) is 6.07 Å². The highest BCUT2D eigenvalue weighted by Gasteiger charge is 2.05. The lowest BCUT2D eigenvalue weighted by Gasteiger charge is -2.00. The molecule has 1 aromatic heterocycles. The van der Waals surface area contributed by atoms with Gasteiger partial charge in [-0.25, -0.2) is 4.79 Å². The fraction of sp³-hybridized carbons (Fsp3) is 0.273. The van der Waals surface area contributed by atoms with Crippen molar-refractivity contribution in [2.24, 2.45) is 7.05 Å². The van der Waals surface area contributed by atoms with Crippen LogP contribution in [-0.4, -0.2) is 11.1 Å². The number of benzene rings is 1. The molecule has 5 nitrogen and oxygen atoms in total. The summed E-state index contributed by atoms with van der Waals surface area (Å²) in [5, 5.41) is 11.4. The number of nitriles is 1. The number of hydrogen-bond donors (Lipinski definition) is 1. The van der Waals surface area contributed by atoms with Crippen molar-refractivity contribution >= 4 is 11.1 Å². The van der Waals surface area contributed by atoms with E-state index in [9.17, 15) is 4.79 Å². The van der Waals surface area contributed by atoms with Gasteiger partial charge in [-0.3, -0.25) is 4.57 Å². The van der Waals surface area contributed by atoms with Crippen LogP contribution in [0.1, 0.15) is 5.56 Å². The van der Waals surface area contributed by atoms with Crippen LogP contribution >= 0.6 is 0 Å². The topological polar surface area (TPSA) is 71.0 Å². The first kappa shape index (κ1) is 10.5. The molecule has 1 N–H and O–H groups in total. The van der Waals surface area contributed by atoms with Gasteiger partial charge in [0.25, 0.3) is 0 Å². The zero-order valence-electron chi connectivity index (χ0n) is 8.86. The second-order valence-corrected chi connectivity index (χ2v) is 3.49. The van der Waals surface area contributed by atoms with Crippen LogP contribution < -0.4 is 11.1 Å². The molecule has 0 aliphatic rings. The largest absolute Gasteiger partial charge is 0.419 e. The molecule has 0 radical (unpaired) electrons. The Kier molecular flexibility index (Phi) is 2.75. The fourth-order valence-electron chi connectivity index (χ4n) is 1.54. The molecular formula is C11H11N3O2. The Bertz CT molecular complexity index is 604. The third kappa shape index (κ3) is 1.83. The van der Waals surface area contributed by atoms with Gasteiger partial charge < -0.3 is 9.73 Å². The van der Waals surface area contributed by atoms with Gasteiger partial charge in [0.05, 0.1) is 18.1 Å². The molecule has 1 heterocycles. The SMILES string of the molecule is Cn1c(=O)oc2ccc(CNCC#N)cc21. The monoisotopic (exact) mass is 217 g/mol. The maximum atomic E-state index is 11.2. The molecule has 2 rings (SSSR count). The molecule has 0 saturated carbocycles. The van der Waals surface area contributed by atoms with Gasteiger partial charge in [0.1, 0.15) is 0 Å². The maximum Gasteiger partial charge on any atom is 0.419 e. The minimum Gasteiger partial charge on any atom is -0.408 e. The molecule has 0 unspecified atom stereocenters. The van der Waals surface area contributed by atoms with E-state index in [1.54, 1.807) is 13.1 Å². The Hall–Kier alpha value is -2.06. The summed E-state index contributed by atoms with van der Waals surface area (Å²) in [4.78, 5) is 11.2. The number of fused-ring (bicyclic) bond motifs is 1. The van der Waals surface area contributed by atoms with Crippen LogP contribution in [0.5, 0.6) is 0 Å². The maximum absolute atomic E-state index is 11.2. The molecule has 16 heavy (non-hydrogen) atoms. The number of rotatable bonds is 3. The number of nitrogens with zero attached hydrogens (tertiary/aromatic N) is 2. The summed E-state index contributed by atoms with van der Waals surface area (Å²) in [7, 11) is 1.67. The Morgan fingerprint density at radius 1 is 1.56 bits per heavy atom. The molecule has 0 saturated heterocycles. The lowest BCUT2D eigenvalue weighted by Crippen LogP contribution is -2.13. The highest BCUT2D eigenvalue weighted by Crippen LogP contribution is 2.13. The highest BCUT2D eigenvalue weighted by atomic mass is 16.4. The Balaban J connectivity index is 2.33. The predicted molar refractivity (Wildman–Crippen MR) is 58.8 cm³/mol. The van der Waals surface area contributed by atoms with Gasteiger partial charge >= 0.3 is 5.76 Å². The van der Waals surface area contributed by atoms with Crippen molar-refractivity contribution in [1.29, 1.82) is 5.26 Å². The molecule has 0 spiro atoms. The smallest absolute Gasteiger partial charge is 0.408 e. The normalized spacial score (nSPS) is 10.5. The van der Waals surface area contributed by atoms with E-state index in [0.29, 0.717) is 18.7 Å². The van der Waals surface area contributed by atoms with E-state index in [2.05, 4.69) is 5.32 Å². The molecular weight excluding hydrogens is 206 g/mol. The molecule has 0 fully saturated rings. The van der Waals surface area contributed by atoms with Gasteiger partial charge in [-0.05, 0) is 17.7 Å². The highest BCUT2D eigenvalue weighted by molar-refractivity contribution is 5.73. The third-order valence-corrected chi connectivity index (χ3v) is 2.39. The van der Waals surface area contributed by atoms with Crippen LogP contribution in [0.2, 0.25) is 0 Å². The first-order chi connectivity index (χ1) is 7.72. The van der Waals surface area contributed by atoms with Crippen molar-refractivity contribution < 1.29 is 4.42 Å². The average molecular weight is 217 g/mol. The predicted octanol–water partition coefficient (Wildman–Crippen LogP) is 0.745. The third-order valence-electron chi connectivity index (χ3n) is 2.39. The second-order valence-electron chi connectivity index (χ2n) is 3.49. The van der Waals surface area contributed by atoms with Crippen molar-refractivity contribution in [2.45, 2.75) is 6.54 Å². The minimum atomic E-state index is -0.364. The Morgan fingerprint density at radius 3 is 3.12 bits per heavy atom. The number of oxazole rings is 1. The van der Waals surface area contributed by atoms with Crippen LogP contribution in [0.25, 0.3) is 11.1 Å². The van der Waals surface area contributed by atoms with Gasteiger partial charge in [-0.2, -0.15) is 5.26 Å². The summed E-state index contributed by atoms with van der Waals surface area (Å²) in [6.07, 6.45) is 0. The zero-order valence-corrected chi connectivity index (χ0v) is 8.86. The van der Waals surface area contributed by atoms with Gasteiger partial charge in [0.2, 0.25) is 0 Å². The van der Waals surface area contributed by atoms with Crippen LogP contribution in [0.3, 0.4) is 0 Å². The summed E-state index contributed by atoms with van der Waals surface area (Å²) in [5.41, 5.74) is 2.36. The minimum absolute atomic E-state index is 0.308. The lowest BCUT2D eigenvalue weighted by molar-refractivity contribution is 0.528. The quantitative estimate of drug-likeness (QED) is 0.608. The summed E-state index contributed by atoms with van der Waals surface area (Å²) >= 11 is 0. The number of aromatic nitrogens is 1. The summed E-state index contributed by atoms with van der Waals surface area (Å²) in [5.74, 6) is -0.364. The first-order valence-corrected chi connectivity index (χ1v) is 4.88. The second kappa shape index (κ2) is 4.21. The van der Waals surface area contributed by atoms with E-state index in [-0.39, 0.29) is 5.76 Å². The molecule has 1 aromatic carbocycles. The fourth-order valence-corrected chi connectivity index (χ4v) is 1.54. The molecule has 5 heteroatoms. The number of nitrogens with one attached hydrogen (secondary N) is 1. The molecule has 0 atom stereocenters. The summed E-state index contributed by atoms with van der Waals surface area (Å²) < 4.78 is 6.48. The lowest BCUT2D eigenvalue weighted by atomic mass is 10.2. The van der Waals surface area contributed by atoms with E-state index < -0.39 is 0 Å². The number of hydrogen-bond acceptors (Lipinski definition) is 4. The Labute approximate surface area is 91.9 Å². The van der Waals surface area contributed by atoms with Crippen LogP contribution in [-0.2, 0) is 13.6 Å². The van der Waals surface area contributed by atoms with Crippen molar-refractivity contribution in [2.75, 3.05) is 6.54 Å². The van der Waals surface area contributed by atoms with E-state index in [1.807, 2.05) is 18.2 Å². The molecule has 0 aliphatic carbocycles. The van der Waals surface area contributed by atoms with E-state index >= 15 is 0 Å². The van der Waals surface area contributed by atoms with Crippen molar-refractivity contribution in [1.82, 2.24) is 9.88 Å². The van der Waals surface area contributed by atoms with Gasteiger partial charge in [-0.15, -0.1) is 0 Å². The zero-order chi connectivity index (χ0) is 11.5. The van der Waals surface area contributed by atoms with Gasteiger partial charge in [0, 0.05) is 13.6 Å². The average Bonchev–Trinajstić information content (AvgIpc) is 2.56. The molecule has 0 amide bonds. The standard InChI is InChI=1S/C11H11N3O2/c1-14-9-6-8(7-13-5-4-12)2-3-10(9)16-11(14)15/h2-3,6,13H,5,7H2,1H3. The van der Waals surface area contributed by atoms with Crippen LogP contribution in [0.15, 0.2) is 27.4 Å².